The van der Waals surface area contributed by atoms with Gasteiger partial charge in [-0.3, -0.25) is 9.29 Å². The highest BCUT2D eigenvalue weighted by atomic mass is 19.1. The second-order valence-corrected chi connectivity index (χ2v) is 9.43. The van der Waals surface area contributed by atoms with Gasteiger partial charge >= 0.3 is 0 Å². The number of benzene rings is 4. The molecule has 4 aromatic carbocycles. The van der Waals surface area contributed by atoms with Crippen LogP contribution in [-0.2, 0) is 0 Å². The quantitative estimate of drug-likeness (QED) is 0.287. The van der Waals surface area contributed by atoms with Crippen molar-refractivity contribution in [1.82, 2.24) is 4.90 Å². The normalized spacial score (nSPS) is 16.8. The molecule has 0 aliphatic carbocycles. The van der Waals surface area contributed by atoms with E-state index in [-0.39, 0.29) is 30.1 Å². The van der Waals surface area contributed by atoms with Gasteiger partial charge in [0.1, 0.15) is 35.4 Å². The van der Waals surface area contributed by atoms with E-state index in [1.54, 1.807) is 24.3 Å². The summed E-state index contributed by atoms with van der Waals surface area (Å²) in [6.45, 7) is 4.11. The summed E-state index contributed by atoms with van der Waals surface area (Å²) in [5, 5.41) is 21.4. The highest BCUT2D eigenvalue weighted by Gasteiger charge is 2.26. The van der Waals surface area contributed by atoms with Gasteiger partial charge < -0.3 is 19.7 Å². The monoisotopic (exact) mass is 487 g/mol. The predicted molar refractivity (Wildman–Crippen MR) is 140 cm³/mol. The molecule has 0 amide bonds. The summed E-state index contributed by atoms with van der Waals surface area (Å²) >= 11 is 0. The molecule has 0 unspecified atom stereocenters. The zero-order chi connectivity index (χ0) is 25.1. The number of aromatic hydroxyl groups is 2. The summed E-state index contributed by atoms with van der Waals surface area (Å²) in [6.07, 6.45) is 0.910. The minimum absolute atomic E-state index is 0.147. The van der Waals surface area contributed by atoms with E-state index < -0.39 is 0 Å². The Hall–Kier alpha value is -3.77. The first-order valence-corrected chi connectivity index (χ1v) is 12.3. The second kappa shape index (κ2) is 10.5. The third-order valence-electron chi connectivity index (χ3n) is 6.83. The molecule has 2 N–H and O–H groups in total. The van der Waals surface area contributed by atoms with Crippen LogP contribution in [-0.4, -0.2) is 47.5 Å². The lowest BCUT2D eigenvalue weighted by molar-refractivity contribution is 0.165. The fourth-order valence-electron chi connectivity index (χ4n) is 4.70. The van der Waals surface area contributed by atoms with Crippen molar-refractivity contribution in [3.63, 3.8) is 0 Å². The summed E-state index contributed by atoms with van der Waals surface area (Å²) in [6, 6.07) is 23.8. The van der Waals surface area contributed by atoms with E-state index in [0.717, 1.165) is 47.2 Å². The molecular weight excluding hydrogens is 457 g/mol. The van der Waals surface area contributed by atoms with Crippen LogP contribution in [0, 0.1) is 5.92 Å². The average Bonchev–Trinajstić information content (AvgIpc) is 3.38. The van der Waals surface area contributed by atoms with E-state index in [9.17, 15) is 14.6 Å². The number of nitrogens with zero attached hydrogens (tertiary/aromatic N) is 1. The SMILES string of the molecule is C[C@@H](COc1ccc(Oc2c(-c3ccc(O)cc3)ccc3cc(O)ccc23)cc1)N1CC[C@@H](CF)C1. The minimum Gasteiger partial charge on any atom is -0.508 e. The first kappa shape index (κ1) is 23.9. The van der Waals surface area contributed by atoms with Crippen LogP contribution in [0.15, 0.2) is 78.9 Å². The number of phenols is 2. The smallest absolute Gasteiger partial charge is 0.143 e. The lowest BCUT2D eigenvalue weighted by atomic mass is 9.99. The summed E-state index contributed by atoms with van der Waals surface area (Å²) in [5.74, 6) is 2.60. The summed E-state index contributed by atoms with van der Waals surface area (Å²) < 4.78 is 25.3. The molecule has 186 valence electrons. The molecule has 0 aromatic heterocycles. The van der Waals surface area contributed by atoms with Gasteiger partial charge in [-0.05, 0) is 91.5 Å². The maximum atomic E-state index is 12.9. The Morgan fingerprint density at radius 1 is 0.917 bits per heavy atom. The molecular formula is C30H30FNO4. The van der Waals surface area contributed by atoms with E-state index in [0.29, 0.717) is 18.1 Å². The van der Waals surface area contributed by atoms with Crippen molar-refractivity contribution in [2.75, 3.05) is 26.4 Å². The van der Waals surface area contributed by atoms with Crippen LogP contribution in [0.5, 0.6) is 28.7 Å². The van der Waals surface area contributed by atoms with E-state index in [1.165, 1.54) is 0 Å². The standard InChI is InChI=1S/C30H30FNO4/c1-20(32-15-14-21(17-31)18-32)19-35-26-8-10-27(11-9-26)36-30-28(22-2-5-24(33)6-3-22)12-4-23-16-25(34)7-13-29(23)30/h2-13,16,20-21,33-34H,14-15,17-19H2,1H3/t20-,21-/m0/s1. The fraction of sp³-hybridized carbons (Fsp3) is 0.267. The zero-order valence-corrected chi connectivity index (χ0v) is 20.2. The van der Waals surface area contributed by atoms with Gasteiger partial charge in [0, 0.05) is 29.5 Å². The maximum absolute atomic E-state index is 12.9. The number of hydrogen-bond acceptors (Lipinski definition) is 5. The number of halogens is 1. The number of fused-ring (bicyclic) bond motifs is 1. The lowest BCUT2D eigenvalue weighted by Crippen LogP contribution is -2.35. The largest absolute Gasteiger partial charge is 0.508 e. The third-order valence-corrected chi connectivity index (χ3v) is 6.83. The van der Waals surface area contributed by atoms with Crippen LogP contribution in [0.2, 0.25) is 0 Å². The van der Waals surface area contributed by atoms with Gasteiger partial charge in [0.15, 0.2) is 0 Å². The topological polar surface area (TPSA) is 62.2 Å². The molecule has 36 heavy (non-hydrogen) atoms. The van der Waals surface area contributed by atoms with Gasteiger partial charge in [-0.25, -0.2) is 0 Å². The maximum Gasteiger partial charge on any atom is 0.143 e. The molecule has 1 fully saturated rings. The van der Waals surface area contributed by atoms with Crippen molar-refractivity contribution in [2.24, 2.45) is 5.92 Å². The zero-order valence-electron chi connectivity index (χ0n) is 20.2. The van der Waals surface area contributed by atoms with Gasteiger partial charge in [-0.15, -0.1) is 0 Å². The highest BCUT2D eigenvalue weighted by molar-refractivity contribution is 5.96. The minimum atomic E-state index is -0.252. The highest BCUT2D eigenvalue weighted by Crippen LogP contribution is 2.41. The summed E-state index contributed by atoms with van der Waals surface area (Å²) in [7, 11) is 0. The van der Waals surface area contributed by atoms with Crippen LogP contribution in [0.3, 0.4) is 0 Å². The molecule has 1 aliphatic heterocycles. The number of phenolic OH excluding ortho intramolecular Hbond substituents is 2. The first-order chi connectivity index (χ1) is 17.5. The van der Waals surface area contributed by atoms with Crippen LogP contribution in [0.1, 0.15) is 13.3 Å². The first-order valence-electron chi connectivity index (χ1n) is 12.3. The van der Waals surface area contributed by atoms with Crippen LogP contribution < -0.4 is 9.47 Å². The fourth-order valence-corrected chi connectivity index (χ4v) is 4.70. The summed E-state index contributed by atoms with van der Waals surface area (Å²) in [5.41, 5.74) is 1.78. The van der Waals surface area contributed by atoms with Crippen LogP contribution in [0.25, 0.3) is 21.9 Å². The van der Waals surface area contributed by atoms with E-state index >= 15 is 0 Å². The molecule has 5 nitrogen and oxygen atoms in total. The molecule has 0 spiro atoms. The molecule has 0 saturated carbocycles. The van der Waals surface area contributed by atoms with Crippen molar-refractivity contribution in [3.8, 4) is 39.9 Å². The van der Waals surface area contributed by atoms with Gasteiger partial charge in [-0.1, -0.05) is 18.2 Å². The number of ether oxygens (including phenoxy) is 2. The molecule has 1 saturated heterocycles. The van der Waals surface area contributed by atoms with Crippen molar-refractivity contribution in [1.29, 1.82) is 0 Å². The average molecular weight is 488 g/mol. The number of rotatable bonds is 8. The van der Waals surface area contributed by atoms with Gasteiger partial charge in [0.25, 0.3) is 0 Å². The molecule has 0 radical (unpaired) electrons. The predicted octanol–water partition coefficient (Wildman–Crippen LogP) is 6.77. The molecule has 0 bridgehead atoms. The van der Waals surface area contributed by atoms with Gasteiger partial charge in [0.2, 0.25) is 0 Å². The molecule has 2 atom stereocenters. The lowest BCUT2D eigenvalue weighted by Gasteiger charge is -2.24. The Morgan fingerprint density at radius 3 is 2.36 bits per heavy atom. The molecule has 1 heterocycles. The third kappa shape index (κ3) is 5.24. The van der Waals surface area contributed by atoms with Crippen molar-refractivity contribution in [3.05, 3.63) is 78.9 Å². The van der Waals surface area contributed by atoms with E-state index in [2.05, 4.69) is 11.8 Å². The van der Waals surface area contributed by atoms with E-state index in [1.807, 2.05) is 54.6 Å². The molecule has 4 aromatic rings. The Balaban J connectivity index is 1.34. The number of hydrogen-bond donors (Lipinski definition) is 2. The summed E-state index contributed by atoms with van der Waals surface area (Å²) in [4.78, 5) is 2.28. The number of alkyl halides is 1. The van der Waals surface area contributed by atoms with Crippen LogP contribution >= 0.6 is 0 Å². The van der Waals surface area contributed by atoms with Crippen LogP contribution in [0.4, 0.5) is 4.39 Å². The Bertz CT molecular complexity index is 1320. The molecule has 5 rings (SSSR count). The van der Waals surface area contributed by atoms with Crippen molar-refractivity contribution in [2.45, 2.75) is 19.4 Å². The second-order valence-electron chi connectivity index (χ2n) is 9.43. The molecule has 1 aliphatic rings. The number of likely N-dealkylation sites (tertiary alicyclic amines) is 1. The Morgan fingerprint density at radius 2 is 1.64 bits per heavy atom. The van der Waals surface area contributed by atoms with E-state index in [4.69, 9.17) is 9.47 Å². The molecule has 6 heteroatoms. The Labute approximate surface area is 210 Å². The Kier molecular flexibility index (Phi) is 6.96. The van der Waals surface area contributed by atoms with Gasteiger partial charge in [-0.2, -0.15) is 0 Å². The van der Waals surface area contributed by atoms with Gasteiger partial charge in [0.05, 0.1) is 6.67 Å². The van der Waals surface area contributed by atoms with Crippen molar-refractivity contribution < 1.29 is 24.1 Å². The van der Waals surface area contributed by atoms with Crippen molar-refractivity contribution >= 4 is 10.8 Å².